The van der Waals surface area contributed by atoms with Gasteiger partial charge < -0.3 is 10.2 Å². The monoisotopic (exact) mass is 409 g/mol. The number of nitrogens with zero attached hydrogens (tertiary/aromatic N) is 4. The van der Waals surface area contributed by atoms with Crippen LogP contribution in [0.25, 0.3) is 0 Å². The molecule has 0 atom stereocenters. The second-order valence-corrected chi connectivity index (χ2v) is 7.13. The van der Waals surface area contributed by atoms with E-state index in [1.807, 2.05) is 6.07 Å². The molecule has 1 spiro atoms. The second kappa shape index (κ2) is 5.56. The van der Waals surface area contributed by atoms with Gasteiger partial charge in [-0.25, -0.2) is 9.97 Å². The summed E-state index contributed by atoms with van der Waals surface area (Å²) in [6.07, 6.45) is 4.37. The highest BCUT2D eigenvalue weighted by molar-refractivity contribution is 9.10. The molecular weight excluding hydrogens is 398 g/mol. The van der Waals surface area contributed by atoms with Gasteiger partial charge in [0.2, 0.25) is 0 Å². The van der Waals surface area contributed by atoms with E-state index in [9.17, 15) is 9.59 Å². The predicted octanol–water partition coefficient (Wildman–Crippen LogP) is 1.75. The molecule has 2 aliphatic rings. The van der Waals surface area contributed by atoms with Crippen LogP contribution in [0, 0.1) is 0 Å². The molecule has 0 saturated carbocycles. The first-order valence-corrected chi connectivity index (χ1v) is 8.64. The lowest BCUT2D eigenvalue weighted by molar-refractivity contribution is 0.0894. The van der Waals surface area contributed by atoms with Crippen molar-refractivity contribution in [2.45, 2.75) is 18.5 Å². The number of carbonyl (C=O) groups excluding carboxylic acids is 1. The van der Waals surface area contributed by atoms with Crippen molar-refractivity contribution < 1.29 is 4.79 Å². The summed E-state index contributed by atoms with van der Waals surface area (Å²) in [7, 11) is 0. The van der Waals surface area contributed by atoms with Crippen molar-refractivity contribution in [3.05, 3.63) is 50.2 Å². The average Bonchev–Trinajstić information content (AvgIpc) is 2.87. The number of aromatic nitrogens is 3. The summed E-state index contributed by atoms with van der Waals surface area (Å²) >= 11 is 9.42. The highest BCUT2D eigenvalue weighted by Gasteiger charge is 2.46. The zero-order valence-corrected chi connectivity index (χ0v) is 14.8. The minimum absolute atomic E-state index is 0.236. The first-order valence-electron chi connectivity index (χ1n) is 7.47. The number of piperidine rings is 1. The van der Waals surface area contributed by atoms with E-state index in [0.29, 0.717) is 30.4 Å². The molecular formula is C15H13BrClN5O2. The number of carbonyl (C=O) groups is 1. The fourth-order valence-corrected chi connectivity index (χ4v) is 4.24. The van der Waals surface area contributed by atoms with Gasteiger partial charge in [0.05, 0.1) is 9.50 Å². The quantitative estimate of drug-likeness (QED) is 0.775. The van der Waals surface area contributed by atoms with Gasteiger partial charge in [0.15, 0.2) is 0 Å². The summed E-state index contributed by atoms with van der Waals surface area (Å²) < 4.78 is 1.87. The minimum atomic E-state index is -0.736. The lowest BCUT2D eigenvalue weighted by Crippen LogP contribution is -2.54. The van der Waals surface area contributed by atoms with Crippen molar-refractivity contribution in [1.82, 2.24) is 19.9 Å². The van der Waals surface area contributed by atoms with Crippen LogP contribution < -0.4 is 15.8 Å². The summed E-state index contributed by atoms with van der Waals surface area (Å²) in [5.74, 6) is 0.532. The van der Waals surface area contributed by atoms with Gasteiger partial charge in [0.1, 0.15) is 23.5 Å². The maximum Gasteiger partial charge on any atom is 0.271 e. The highest BCUT2D eigenvalue weighted by Crippen LogP contribution is 2.36. The van der Waals surface area contributed by atoms with Crippen LogP contribution in [0.3, 0.4) is 0 Å². The summed E-state index contributed by atoms with van der Waals surface area (Å²) in [5.41, 5.74) is -0.746. The summed E-state index contributed by atoms with van der Waals surface area (Å²) in [6, 6.07) is 3.32. The Labute approximate surface area is 150 Å². The van der Waals surface area contributed by atoms with E-state index in [4.69, 9.17) is 11.6 Å². The van der Waals surface area contributed by atoms with E-state index in [1.54, 1.807) is 6.20 Å². The van der Waals surface area contributed by atoms with Gasteiger partial charge in [0.25, 0.3) is 11.5 Å². The number of nitrogens with one attached hydrogen (secondary N) is 1. The smallest absolute Gasteiger partial charge is 0.271 e. The third-order valence-corrected chi connectivity index (χ3v) is 5.44. The van der Waals surface area contributed by atoms with Gasteiger partial charge in [-0.3, -0.25) is 14.2 Å². The molecule has 0 bridgehead atoms. The van der Waals surface area contributed by atoms with Crippen molar-refractivity contribution in [3.63, 3.8) is 0 Å². The maximum atomic E-state index is 12.6. The van der Waals surface area contributed by atoms with Crippen molar-refractivity contribution in [2.24, 2.45) is 0 Å². The third kappa shape index (κ3) is 2.24. The molecule has 0 radical (unpaired) electrons. The van der Waals surface area contributed by atoms with Gasteiger partial charge in [0, 0.05) is 32.1 Å². The predicted molar refractivity (Wildman–Crippen MR) is 92.3 cm³/mol. The molecule has 2 aromatic rings. The van der Waals surface area contributed by atoms with Gasteiger partial charge in [-0.15, -0.1) is 0 Å². The summed E-state index contributed by atoms with van der Waals surface area (Å²) in [5, 5.41) is 3.25. The molecule has 0 aromatic carbocycles. The van der Waals surface area contributed by atoms with Crippen LogP contribution in [0.1, 0.15) is 23.3 Å². The Morgan fingerprint density at radius 3 is 2.71 bits per heavy atom. The lowest BCUT2D eigenvalue weighted by Gasteiger charge is -2.40. The van der Waals surface area contributed by atoms with E-state index in [0.717, 1.165) is 5.82 Å². The van der Waals surface area contributed by atoms with Gasteiger partial charge in [-0.05, 0) is 28.1 Å². The van der Waals surface area contributed by atoms with Crippen molar-refractivity contribution in [2.75, 3.05) is 18.0 Å². The van der Waals surface area contributed by atoms with Crippen LogP contribution in [0.4, 0.5) is 5.82 Å². The zero-order chi connectivity index (χ0) is 16.9. The normalized spacial score (nSPS) is 18.6. The fraction of sp³-hybridized carbons (Fsp3) is 0.333. The van der Waals surface area contributed by atoms with Gasteiger partial charge in [-0.1, -0.05) is 11.6 Å². The second-order valence-electron chi connectivity index (χ2n) is 5.87. The molecule has 1 saturated heterocycles. The number of pyridine rings is 1. The van der Waals surface area contributed by atoms with E-state index in [1.165, 1.54) is 17.0 Å². The van der Waals surface area contributed by atoms with Crippen LogP contribution in [0.5, 0.6) is 0 Å². The van der Waals surface area contributed by atoms with Crippen LogP contribution in [0.15, 0.2) is 33.9 Å². The number of fused-ring (bicyclic) bond motifs is 2. The topological polar surface area (TPSA) is 80.1 Å². The number of rotatable bonds is 1. The average molecular weight is 411 g/mol. The molecule has 0 unspecified atom stereocenters. The molecule has 4 heterocycles. The van der Waals surface area contributed by atoms with Crippen LogP contribution in [-0.4, -0.2) is 33.5 Å². The molecule has 9 heteroatoms. The maximum absolute atomic E-state index is 12.6. The Morgan fingerprint density at radius 1 is 1.29 bits per heavy atom. The molecule has 4 rings (SSSR count). The third-order valence-electron chi connectivity index (χ3n) is 4.58. The van der Waals surface area contributed by atoms with Crippen LogP contribution in [0.2, 0.25) is 5.02 Å². The largest absolute Gasteiger partial charge is 0.356 e. The van der Waals surface area contributed by atoms with Crippen molar-refractivity contribution >= 4 is 39.3 Å². The Morgan fingerprint density at radius 2 is 2.04 bits per heavy atom. The number of amides is 1. The Kier molecular flexibility index (Phi) is 3.61. The van der Waals surface area contributed by atoms with Gasteiger partial charge in [-0.2, -0.15) is 0 Å². The number of halogens is 2. The fourth-order valence-electron chi connectivity index (χ4n) is 3.43. The summed E-state index contributed by atoms with van der Waals surface area (Å²) in [4.78, 5) is 35.3. The van der Waals surface area contributed by atoms with E-state index >= 15 is 0 Å². The molecule has 7 nitrogen and oxygen atoms in total. The number of hydrogen-bond donors (Lipinski definition) is 1. The lowest BCUT2D eigenvalue weighted by atomic mass is 9.97. The van der Waals surface area contributed by atoms with Crippen molar-refractivity contribution in [3.8, 4) is 0 Å². The molecule has 2 aromatic heterocycles. The first kappa shape index (κ1) is 15.6. The highest BCUT2D eigenvalue weighted by atomic mass is 79.9. The molecule has 1 fully saturated rings. The molecule has 2 aliphatic heterocycles. The number of anilines is 1. The van der Waals surface area contributed by atoms with Crippen molar-refractivity contribution in [1.29, 1.82) is 0 Å². The Hall–Kier alpha value is -1.93. The first-order chi connectivity index (χ1) is 11.5. The van der Waals surface area contributed by atoms with E-state index in [2.05, 4.69) is 36.1 Å². The standard InChI is InChI=1S/C15H13BrClN5O2/c16-9-7-10(17)12-13(23)20-15(22(12)14(9)24)2-5-21(6-3-15)11-1-4-18-8-19-11/h1,4,7-8H,2-3,5-6H2,(H,20,23). The Balaban J connectivity index is 1.71. The molecule has 24 heavy (non-hydrogen) atoms. The van der Waals surface area contributed by atoms with Crippen LogP contribution >= 0.6 is 27.5 Å². The van der Waals surface area contributed by atoms with Crippen LogP contribution in [-0.2, 0) is 5.66 Å². The molecule has 1 amide bonds. The van der Waals surface area contributed by atoms with E-state index < -0.39 is 5.66 Å². The molecule has 1 N–H and O–H groups in total. The molecule has 124 valence electrons. The van der Waals surface area contributed by atoms with Gasteiger partial charge >= 0.3 is 0 Å². The summed E-state index contributed by atoms with van der Waals surface area (Å²) in [6.45, 7) is 1.32. The zero-order valence-electron chi connectivity index (χ0n) is 12.5. The van der Waals surface area contributed by atoms with E-state index in [-0.39, 0.29) is 22.2 Å². The molecule has 0 aliphatic carbocycles. The Bertz CT molecular complexity index is 877. The SMILES string of the molecule is O=C1NC2(CCN(c3ccncn3)CC2)n2c1c(Cl)cc(Br)c2=O. The minimum Gasteiger partial charge on any atom is -0.356 e. The number of hydrogen-bond acceptors (Lipinski definition) is 5.